The monoisotopic (exact) mass is 244 g/mol. The second-order valence-corrected chi connectivity index (χ2v) is 5.63. The first-order valence-corrected chi connectivity index (χ1v) is 7.01. The minimum Gasteiger partial charge on any atom is -0.394 e. The SMILES string of the molecule is CCNC(C)(CO)CCCN(C)CC(C)CC. The molecule has 0 aromatic rings. The fourth-order valence-corrected chi connectivity index (χ4v) is 2.14. The predicted octanol–water partition coefficient (Wildman–Crippen LogP) is 2.10. The van der Waals surface area contributed by atoms with E-state index in [9.17, 15) is 5.11 Å². The molecule has 104 valence electrons. The lowest BCUT2D eigenvalue weighted by Gasteiger charge is -2.29. The smallest absolute Gasteiger partial charge is 0.0610 e. The highest BCUT2D eigenvalue weighted by Crippen LogP contribution is 2.12. The van der Waals surface area contributed by atoms with E-state index in [1.165, 1.54) is 13.0 Å². The Labute approximate surface area is 108 Å². The van der Waals surface area contributed by atoms with Crippen LogP contribution in [-0.2, 0) is 0 Å². The van der Waals surface area contributed by atoms with Gasteiger partial charge in [0.2, 0.25) is 0 Å². The fourth-order valence-electron chi connectivity index (χ4n) is 2.14. The van der Waals surface area contributed by atoms with Crippen molar-refractivity contribution in [3.63, 3.8) is 0 Å². The molecule has 0 saturated carbocycles. The maximum absolute atomic E-state index is 9.39. The highest BCUT2D eigenvalue weighted by Gasteiger charge is 2.21. The highest BCUT2D eigenvalue weighted by molar-refractivity contribution is 4.81. The maximum atomic E-state index is 9.39. The zero-order valence-corrected chi connectivity index (χ0v) is 12.4. The van der Waals surface area contributed by atoms with Crippen LogP contribution in [0.1, 0.15) is 47.0 Å². The van der Waals surface area contributed by atoms with Gasteiger partial charge in [0.25, 0.3) is 0 Å². The molecule has 0 bridgehead atoms. The Kier molecular flexibility index (Phi) is 8.83. The van der Waals surface area contributed by atoms with Gasteiger partial charge in [-0.25, -0.2) is 0 Å². The van der Waals surface area contributed by atoms with Crippen molar-refractivity contribution in [3.05, 3.63) is 0 Å². The molecular formula is C14H32N2O. The number of aliphatic hydroxyl groups is 1. The van der Waals surface area contributed by atoms with Crippen molar-refractivity contribution < 1.29 is 5.11 Å². The molecule has 0 radical (unpaired) electrons. The van der Waals surface area contributed by atoms with Crippen LogP contribution in [-0.4, -0.2) is 48.8 Å². The van der Waals surface area contributed by atoms with Crippen molar-refractivity contribution in [2.24, 2.45) is 5.92 Å². The number of hydrogen-bond acceptors (Lipinski definition) is 3. The van der Waals surface area contributed by atoms with Crippen LogP contribution in [0.4, 0.5) is 0 Å². The Bertz CT molecular complexity index is 187. The molecule has 3 heteroatoms. The molecule has 0 fully saturated rings. The minimum absolute atomic E-state index is 0.105. The third kappa shape index (κ3) is 7.74. The lowest BCUT2D eigenvalue weighted by molar-refractivity contribution is 0.159. The van der Waals surface area contributed by atoms with Crippen LogP contribution in [0.5, 0.6) is 0 Å². The summed E-state index contributed by atoms with van der Waals surface area (Å²) in [6.07, 6.45) is 3.41. The number of rotatable bonds is 10. The fraction of sp³-hybridized carbons (Fsp3) is 1.00. The molecule has 0 aliphatic rings. The summed E-state index contributed by atoms with van der Waals surface area (Å²) in [6.45, 7) is 12.2. The van der Waals surface area contributed by atoms with Gasteiger partial charge in [0.05, 0.1) is 6.61 Å². The molecule has 0 spiro atoms. The molecule has 0 rings (SSSR count). The number of likely N-dealkylation sites (N-methyl/N-ethyl adjacent to an activating group) is 1. The number of nitrogens with one attached hydrogen (secondary N) is 1. The molecule has 17 heavy (non-hydrogen) atoms. The second kappa shape index (κ2) is 8.90. The van der Waals surface area contributed by atoms with E-state index in [2.05, 4.69) is 45.0 Å². The Morgan fingerprint density at radius 3 is 2.47 bits per heavy atom. The Hall–Kier alpha value is -0.120. The first-order chi connectivity index (χ1) is 7.97. The molecule has 0 aromatic carbocycles. The third-order valence-corrected chi connectivity index (χ3v) is 3.54. The summed E-state index contributed by atoms with van der Waals surface area (Å²) in [5.41, 5.74) is -0.105. The molecule has 0 amide bonds. The molecule has 0 aliphatic carbocycles. The van der Waals surface area contributed by atoms with Crippen LogP contribution < -0.4 is 5.32 Å². The van der Waals surface area contributed by atoms with Gasteiger partial charge in [0.1, 0.15) is 0 Å². The molecule has 3 nitrogen and oxygen atoms in total. The summed E-state index contributed by atoms with van der Waals surface area (Å²) in [5, 5.41) is 12.8. The van der Waals surface area contributed by atoms with E-state index >= 15 is 0 Å². The van der Waals surface area contributed by atoms with E-state index in [4.69, 9.17) is 0 Å². The zero-order chi connectivity index (χ0) is 13.3. The van der Waals surface area contributed by atoms with Crippen molar-refractivity contribution >= 4 is 0 Å². The van der Waals surface area contributed by atoms with Crippen LogP contribution >= 0.6 is 0 Å². The molecule has 0 aromatic heterocycles. The largest absolute Gasteiger partial charge is 0.394 e. The quantitative estimate of drug-likeness (QED) is 0.618. The standard InChI is InChI=1S/C14H32N2O/c1-6-13(3)11-16(5)10-8-9-14(4,12-17)15-7-2/h13,15,17H,6-12H2,1-5H3. The van der Waals surface area contributed by atoms with Gasteiger partial charge in [-0.3, -0.25) is 0 Å². The predicted molar refractivity (Wildman–Crippen MR) is 75.4 cm³/mol. The highest BCUT2D eigenvalue weighted by atomic mass is 16.3. The molecule has 0 heterocycles. The van der Waals surface area contributed by atoms with E-state index in [0.29, 0.717) is 0 Å². The summed E-state index contributed by atoms with van der Waals surface area (Å²) in [7, 11) is 2.19. The van der Waals surface area contributed by atoms with Crippen LogP contribution in [0, 0.1) is 5.92 Å². The lowest BCUT2D eigenvalue weighted by Crippen LogP contribution is -2.46. The van der Waals surface area contributed by atoms with Gasteiger partial charge in [-0.2, -0.15) is 0 Å². The Morgan fingerprint density at radius 2 is 2.00 bits per heavy atom. The molecule has 2 unspecified atom stereocenters. The van der Waals surface area contributed by atoms with Crippen LogP contribution in [0.25, 0.3) is 0 Å². The summed E-state index contributed by atoms with van der Waals surface area (Å²) < 4.78 is 0. The van der Waals surface area contributed by atoms with Crippen molar-refractivity contribution in [1.29, 1.82) is 0 Å². The molecule has 2 atom stereocenters. The summed E-state index contributed by atoms with van der Waals surface area (Å²) >= 11 is 0. The van der Waals surface area contributed by atoms with Gasteiger partial charge in [0, 0.05) is 12.1 Å². The van der Waals surface area contributed by atoms with Gasteiger partial charge in [0.15, 0.2) is 0 Å². The summed E-state index contributed by atoms with van der Waals surface area (Å²) in [6, 6.07) is 0. The lowest BCUT2D eigenvalue weighted by atomic mass is 9.96. The van der Waals surface area contributed by atoms with E-state index in [-0.39, 0.29) is 12.1 Å². The van der Waals surface area contributed by atoms with Crippen molar-refractivity contribution in [2.75, 3.05) is 33.3 Å². The van der Waals surface area contributed by atoms with Crippen molar-refractivity contribution in [2.45, 2.75) is 52.5 Å². The van der Waals surface area contributed by atoms with Gasteiger partial charge in [-0.1, -0.05) is 27.2 Å². The Morgan fingerprint density at radius 1 is 1.35 bits per heavy atom. The van der Waals surface area contributed by atoms with E-state index in [0.717, 1.165) is 31.8 Å². The average molecular weight is 244 g/mol. The van der Waals surface area contributed by atoms with Crippen molar-refractivity contribution in [1.82, 2.24) is 10.2 Å². The topological polar surface area (TPSA) is 35.5 Å². The van der Waals surface area contributed by atoms with Crippen LogP contribution in [0.2, 0.25) is 0 Å². The maximum Gasteiger partial charge on any atom is 0.0610 e. The van der Waals surface area contributed by atoms with Crippen LogP contribution in [0.15, 0.2) is 0 Å². The normalized spacial score (nSPS) is 17.1. The van der Waals surface area contributed by atoms with E-state index < -0.39 is 0 Å². The first kappa shape index (κ1) is 16.9. The first-order valence-electron chi connectivity index (χ1n) is 7.01. The summed E-state index contributed by atoms with van der Waals surface area (Å²) in [4.78, 5) is 2.40. The molecule has 2 N–H and O–H groups in total. The number of aliphatic hydroxyl groups excluding tert-OH is 1. The van der Waals surface area contributed by atoms with Crippen LogP contribution in [0.3, 0.4) is 0 Å². The molecule has 0 aliphatic heterocycles. The van der Waals surface area contributed by atoms with Gasteiger partial charge >= 0.3 is 0 Å². The Balaban J connectivity index is 3.80. The number of hydrogen-bond donors (Lipinski definition) is 2. The molecule has 0 saturated heterocycles. The van der Waals surface area contributed by atoms with Gasteiger partial charge < -0.3 is 15.3 Å². The van der Waals surface area contributed by atoms with Gasteiger partial charge in [-0.15, -0.1) is 0 Å². The van der Waals surface area contributed by atoms with E-state index in [1.54, 1.807) is 0 Å². The second-order valence-electron chi connectivity index (χ2n) is 5.63. The zero-order valence-electron chi connectivity index (χ0n) is 12.4. The average Bonchev–Trinajstić information content (AvgIpc) is 2.29. The number of nitrogens with zero attached hydrogens (tertiary/aromatic N) is 1. The van der Waals surface area contributed by atoms with E-state index in [1.807, 2.05) is 0 Å². The summed E-state index contributed by atoms with van der Waals surface area (Å²) in [5.74, 6) is 0.776. The molecular weight excluding hydrogens is 212 g/mol. The minimum atomic E-state index is -0.105. The van der Waals surface area contributed by atoms with Crippen molar-refractivity contribution in [3.8, 4) is 0 Å². The van der Waals surface area contributed by atoms with Gasteiger partial charge in [-0.05, 0) is 45.8 Å². The third-order valence-electron chi connectivity index (χ3n) is 3.54.